The topological polar surface area (TPSA) is 73.1 Å². The maximum atomic E-state index is 6.13. The molecule has 29 heavy (non-hydrogen) atoms. The van der Waals surface area contributed by atoms with Gasteiger partial charge >= 0.3 is 0 Å². The second-order valence-electron chi connectivity index (χ2n) is 8.03. The molecule has 1 aliphatic heterocycles. The lowest BCUT2D eigenvalue weighted by Gasteiger charge is -2.32. The SMILES string of the molecule is Cc1ccc(C2OCCCC2CNc2cc(-c3nc(C(C)C)no3)ccn2)cc1. The van der Waals surface area contributed by atoms with E-state index < -0.39 is 0 Å². The van der Waals surface area contributed by atoms with Crippen LogP contribution in [0.3, 0.4) is 0 Å². The third-order valence-corrected chi connectivity index (χ3v) is 5.36. The molecule has 0 amide bonds. The summed E-state index contributed by atoms with van der Waals surface area (Å²) in [4.78, 5) is 8.94. The predicted molar refractivity (Wildman–Crippen MR) is 113 cm³/mol. The maximum Gasteiger partial charge on any atom is 0.258 e. The molecule has 0 radical (unpaired) electrons. The van der Waals surface area contributed by atoms with E-state index >= 15 is 0 Å². The highest BCUT2D eigenvalue weighted by atomic mass is 16.5. The lowest BCUT2D eigenvalue weighted by molar-refractivity contribution is -0.0238. The minimum Gasteiger partial charge on any atom is -0.373 e. The zero-order chi connectivity index (χ0) is 20.2. The fourth-order valence-electron chi connectivity index (χ4n) is 3.66. The number of benzene rings is 1. The van der Waals surface area contributed by atoms with E-state index in [-0.39, 0.29) is 12.0 Å². The van der Waals surface area contributed by atoms with Gasteiger partial charge in [-0.15, -0.1) is 0 Å². The third-order valence-electron chi connectivity index (χ3n) is 5.36. The molecular formula is C23H28N4O2. The molecule has 1 N–H and O–H groups in total. The van der Waals surface area contributed by atoms with Gasteiger partial charge in [0.2, 0.25) is 0 Å². The summed E-state index contributed by atoms with van der Waals surface area (Å²) in [5.41, 5.74) is 3.38. The van der Waals surface area contributed by atoms with Crippen molar-refractivity contribution in [2.24, 2.45) is 5.92 Å². The van der Waals surface area contributed by atoms with Crippen molar-refractivity contribution in [2.75, 3.05) is 18.5 Å². The van der Waals surface area contributed by atoms with Crippen molar-refractivity contribution in [3.63, 3.8) is 0 Å². The van der Waals surface area contributed by atoms with Crippen LogP contribution in [0, 0.1) is 12.8 Å². The number of rotatable bonds is 6. The normalized spacial score (nSPS) is 19.4. The monoisotopic (exact) mass is 392 g/mol. The highest BCUT2D eigenvalue weighted by Gasteiger charge is 2.27. The van der Waals surface area contributed by atoms with Gasteiger partial charge in [-0.2, -0.15) is 4.98 Å². The Labute approximate surface area is 171 Å². The molecule has 0 saturated carbocycles. The number of nitrogens with zero attached hydrogens (tertiary/aromatic N) is 3. The van der Waals surface area contributed by atoms with Gasteiger partial charge in [0.05, 0.1) is 6.10 Å². The van der Waals surface area contributed by atoms with Gasteiger partial charge in [-0.25, -0.2) is 4.98 Å². The molecule has 1 aliphatic rings. The fraction of sp³-hybridized carbons (Fsp3) is 0.435. The quantitative estimate of drug-likeness (QED) is 0.626. The van der Waals surface area contributed by atoms with Crippen LogP contribution in [0.5, 0.6) is 0 Å². The highest BCUT2D eigenvalue weighted by molar-refractivity contribution is 5.57. The van der Waals surface area contributed by atoms with Gasteiger partial charge in [0.1, 0.15) is 5.82 Å². The lowest BCUT2D eigenvalue weighted by atomic mass is 9.89. The van der Waals surface area contributed by atoms with E-state index in [1.165, 1.54) is 11.1 Å². The van der Waals surface area contributed by atoms with Gasteiger partial charge in [0.15, 0.2) is 5.82 Å². The largest absolute Gasteiger partial charge is 0.373 e. The van der Waals surface area contributed by atoms with E-state index in [0.717, 1.165) is 37.4 Å². The zero-order valence-corrected chi connectivity index (χ0v) is 17.3. The van der Waals surface area contributed by atoms with Crippen LogP contribution in [0.1, 0.15) is 55.7 Å². The van der Waals surface area contributed by atoms with Gasteiger partial charge in [0, 0.05) is 36.7 Å². The predicted octanol–water partition coefficient (Wildman–Crippen LogP) is 5.14. The summed E-state index contributed by atoms with van der Waals surface area (Å²) < 4.78 is 11.5. The van der Waals surface area contributed by atoms with Gasteiger partial charge in [-0.05, 0) is 37.5 Å². The van der Waals surface area contributed by atoms with Crippen LogP contribution in [0.25, 0.3) is 11.5 Å². The van der Waals surface area contributed by atoms with Crippen LogP contribution < -0.4 is 5.32 Å². The summed E-state index contributed by atoms with van der Waals surface area (Å²) in [6.07, 6.45) is 4.10. The molecule has 3 aromatic rings. The minimum atomic E-state index is 0.115. The van der Waals surface area contributed by atoms with Gasteiger partial charge in [0.25, 0.3) is 5.89 Å². The van der Waals surface area contributed by atoms with Gasteiger partial charge in [-0.3, -0.25) is 0 Å². The Morgan fingerprint density at radius 2 is 2.00 bits per heavy atom. The van der Waals surface area contributed by atoms with Crippen molar-refractivity contribution in [2.45, 2.75) is 45.6 Å². The average Bonchev–Trinajstić information content (AvgIpc) is 3.24. The summed E-state index contributed by atoms with van der Waals surface area (Å²) >= 11 is 0. The molecule has 2 unspecified atom stereocenters. The van der Waals surface area contributed by atoms with Crippen LogP contribution in [-0.4, -0.2) is 28.3 Å². The van der Waals surface area contributed by atoms with Crippen molar-refractivity contribution in [1.29, 1.82) is 0 Å². The Morgan fingerprint density at radius 3 is 2.76 bits per heavy atom. The molecule has 0 bridgehead atoms. The number of anilines is 1. The summed E-state index contributed by atoms with van der Waals surface area (Å²) in [6, 6.07) is 12.5. The molecule has 1 saturated heterocycles. The molecule has 2 aromatic heterocycles. The van der Waals surface area contributed by atoms with E-state index in [0.29, 0.717) is 17.6 Å². The molecule has 4 rings (SSSR count). The van der Waals surface area contributed by atoms with Crippen LogP contribution in [0.15, 0.2) is 47.1 Å². The lowest BCUT2D eigenvalue weighted by Crippen LogP contribution is -2.28. The Kier molecular flexibility index (Phi) is 5.90. The maximum absolute atomic E-state index is 6.13. The van der Waals surface area contributed by atoms with Gasteiger partial charge < -0.3 is 14.6 Å². The van der Waals surface area contributed by atoms with Crippen molar-refractivity contribution in [1.82, 2.24) is 15.1 Å². The smallest absolute Gasteiger partial charge is 0.258 e. The van der Waals surface area contributed by atoms with Crippen LogP contribution in [0.4, 0.5) is 5.82 Å². The van der Waals surface area contributed by atoms with Crippen molar-refractivity contribution < 1.29 is 9.26 Å². The van der Waals surface area contributed by atoms with Crippen LogP contribution in [-0.2, 0) is 4.74 Å². The molecule has 2 atom stereocenters. The number of aromatic nitrogens is 3. The Hall–Kier alpha value is -2.73. The Bertz CT molecular complexity index is 936. The van der Waals surface area contributed by atoms with E-state index in [4.69, 9.17) is 9.26 Å². The number of hydrogen-bond acceptors (Lipinski definition) is 6. The van der Waals surface area contributed by atoms with Crippen LogP contribution >= 0.6 is 0 Å². The van der Waals surface area contributed by atoms with Crippen molar-refractivity contribution in [3.05, 3.63) is 59.5 Å². The van der Waals surface area contributed by atoms with E-state index in [1.54, 1.807) is 6.20 Å². The Balaban J connectivity index is 1.45. The zero-order valence-electron chi connectivity index (χ0n) is 17.3. The van der Waals surface area contributed by atoms with E-state index in [1.807, 2.05) is 26.0 Å². The fourth-order valence-corrected chi connectivity index (χ4v) is 3.66. The minimum absolute atomic E-state index is 0.115. The van der Waals surface area contributed by atoms with Crippen molar-refractivity contribution in [3.8, 4) is 11.5 Å². The number of pyridine rings is 1. The summed E-state index contributed by atoms with van der Waals surface area (Å²) in [5, 5.41) is 7.53. The first-order valence-electron chi connectivity index (χ1n) is 10.3. The molecule has 6 heteroatoms. The molecule has 6 nitrogen and oxygen atoms in total. The third kappa shape index (κ3) is 4.65. The molecule has 0 aliphatic carbocycles. The Morgan fingerprint density at radius 1 is 1.17 bits per heavy atom. The standard InChI is InChI=1S/C23H28N4O2/c1-15(2)22-26-23(29-27-22)18-10-11-24-20(13-18)25-14-19-5-4-12-28-21(19)17-8-6-16(3)7-9-17/h6-11,13,15,19,21H,4-5,12,14H2,1-3H3,(H,24,25). The first-order valence-corrected chi connectivity index (χ1v) is 10.3. The number of ether oxygens (including phenoxy) is 1. The van der Waals surface area contributed by atoms with Crippen LogP contribution in [0.2, 0.25) is 0 Å². The first-order chi connectivity index (χ1) is 14.1. The highest BCUT2D eigenvalue weighted by Crippen LogP contribution is 2.34. The average molecular weight is 393 g/mol. The number of hydrogen-bond donors (Lipinski definition) is 1. The molecule has 152 valence electrons. The number of aryl methyl sites for hydroxylation is 1. The molecule has 0 spiro atoms. The second kappa shape index (κ2) is 8.74. The van der Waals surface area contributed by atoms with E-state index in [2.05, 4.69) is 51.6 Å². The van der Waals surface area contributed by atoms with Gasteiger partial charge in [-0.1, -0.05) is 48.8 Å². The summed E-state index contributed by atoms with van der Waals surface area (Å²) in [5.74, 6) is 2.68. The molecular weight excluding hydrogens is 364 g/mol. The molecule has 1 aromatic carbocycles. The summed E-state index contributed by atoms with van der Waals surface area (Å²) in [6.45, 7) is 7.82. The summed E-state index contributed by atoms with van der Waals surface area (Å²) in [7, 11) is 0. The number of nitrogens with one attached hydrogen (secondary N) is 1. The molecule has 1 fully saturated rings. The second-order valence-corrected chi connectivity index (χ2v) is 8.03. The van der Waals surface area contributed by atoms with E-state index in [9.17, 15) is 0 Å². The van der Waals surface area contributed by atoms with Crippen molar-refractivity contribution >= 4 is 5.82 Å². The first kappa shape index (κ1) is 19.6. The molecule has 3 heterocycles.